The van der Waals surface area contributed by atoms with Crippen LogP contribution in [0.1, 0.15) is 119 Å². The lowest BCUT2D eigenvalue weighted by Gasteiger charge is -2.29. The smallest absolute Gasteiger partial charge is 0.407 e. The monoisotopic (exact) mass is 1090 g/mol. The molecule has 0 radical (unpaired) electrons. The van der Waals surface area contributed by atoms with Crippen molar-refractivity contribution in [3.05, 3.63) is 144 Å². The molecule has 0 bridgehead atoms. The maximum Gasteiger partial charge on any atom is 0.407 e. The molecule has 5 rings (SSSR count). The topological polar surface area (TPSA) is 175 Å². The summed E-state index contributed by atoms with van der Waals surface area (Å²) in [7, 11) is 0. The Morgan fingerprint density at radius 3 is 0.696 bits per heavy atom. The molecule has 1 aliphatic rings. The van der Waals surface area contributed by atoms with E-state index in [-0.39, 0.29) is 0 Å². The van der Waals surface area contributed by atoms with Crippen molar-refractivity contribution in [2.45, 2.75) is 122 Å². The molecule has 434 valence electrons. The van der Waals surface area contributed by atoms with Crippen LogP contribution in [0.5, 0.6) is 0 Å². The standard InChI is InChI=1S/C63H94N8O8/c72-60(73)68(52-56-28-9-1-10-29-56)46-21-5-17-36-64-40-25-41-65(37-18-6-22-47-69(61(74)75)53-57-30-11-2-12-31-57)43-27-45-67(39-20-8-24-49-71(63(78)79)55-59-34-15-4-16-35-59)51-50-66(44-26-42-64)38-19-7-23-48-70(62(76)77)54-58-32-13-3-14-33-58/h1-4,9-16,28-35H,5-8,17-27,36-55H2,(H,72,73)(H,74,75)(H,76,77)(H,78,79). The summed E-state index contributed by atoms with van der Waals surface area (Å²) in [4.78, 5) is 65.2. The van der Waals surface area contributed by atoms with Crippen LogP contribution in [0.4, 0.5) is 19.2 Å². The van der Waals surface area contributed by atoms with Gasteiger partial charge in [0.25, 0.3) is 0 Å². The summed E-state index contributed by atoms with van der Waals surface area (Å²) in [5.41, 5.74) is 3.96. The molecule has 1 fully saturated rings. The van der Waals surface area contributed by atoms with Gasteiger partial charge < -0.3 is 59.6 Å². The predicted molar refractivity (Wildman–Crippen MR) is 315 cm³/mol. The Hall–Kier alpha value is -6.20. The van der Waals surface area contributed by atoms with E-state index in [1.54, 1.807) is 0 Å². The van der Waals surface area contributed by atoms with E-state index >= 15 is 0 Å². The van der Waals surface area contributed by atoms with E-state index in [1.165, 1.54) is 19.6 Å². The number of rotatable bonds is 32. The van der Waals surface area contributed by atoms with E-state index < -0.39 is 24.4 Å². The van der Waals surface area contributed by atoms with Gasteiger partial charge in [0, 0.05) is 65.4 Å². The van der Waals surface area contributed by atoms with Crippen LogP contribution in [0.25, 0.3) is 0 Å². The maximum absolute atomic E-state index is 12.2. The first-order chi connectivity index (χ1) is 38.5. The number of carbonyl (C=O) groups is 4. The van der Waals surface area contributed by atoms with Crippen molar-refractivity contribution in [1.29, 1.82) is 0 Å². The minimum atomic E-state index is -0.891. The average Bonchev–Trinajstić information content (AvgIpc) is 3.45. The van der Waals surface area contributed by atoms with E-state index in [9.17, 15) is 39.6 Å². The Morgan fingerprint density at radius 2 is 0.494 bits per heavy atom. The number of hydrogen-bond acceptors (Lipinski definition) is 8. The first-order valence-corrected chi connectivity index (χ1v) is 29.5. The Labute approximate surface area is 472 Å². The zero-order valence-electron chi connectivity index (χ0n) is 47.3. The number of amides is 4. The minimum absolute atomic E-state index is 0.385. The van der Waals surface area contributed by atoms with Crippen LogP contribution in [-0.2, 0) is 26.2 Å². The normalized spacial score (nSPS) is 14.7. The third kappa shape index (κ3) is 27.5. The van der Waals surface area contributed by atoms with Crippen LogP contribution in [0.2, 0.25) is 0 Å². The first-order valence-electron chi connectivity index (χ1n) is 29.5. The summed E-state index contributed by atoms with van der Waals surface area (Å²) in [5.74, 6) is 0. The van der Waals surface area contributed by atoms with E-state index in [1.807, 2.05) is 121 Å². The largest absolute Gasteiger partial charge is 0.465 e. The van der Waals surface area contributed by atoms with Gasteiger partial charge in [-0.1, -0.05) is 147 Å². The van der Waals surface area contributed by atoms with E-state index in [4.69, 9.17) is 0 Å². The molecule has 0 aliphatic carbocycles. The fourth-order valence-electron chi connectivity index (χ4n) is 10.6. The van der Waals surface area contributed by atoms with Gasteiger partial charge >= 0.3 is 24.4 Å². The zero-order valence-corrected chi connectivity index (χ0v) is 47.3. The maximum atomic E-state index is 12.2. The SMILES string of the molecule is O=C(O)N(CCCCCN1CCCN(CCCCCN(Cc2ccccc2)C(=O)O)CCCN(CCCCCN(Cc2ccccc2)C(=O)O)CCN(CCCCCN(Cc2ccccc2)C(=O)O)CCC1)Cc1ccccc1. The van der Waals surface area contributed by atoms with Gasteiger partial charge in [0.1, 0.15) is 0 Å². The molecule has 4 amide bonds. The molecule has 79 heavy (non-hydrogen) atoms. The summed E-state index contributed by atoms with van der Waals surface area (Å²) in [6.45, 7) is 15.1. The molecule has 4 aromatic carbocycles. The van der Waals surface area contributed by atoms with Crippen molar-refractivity contribution < 1.29 is 39.6 Å². The third-order valence-corrected chi connectivity index (χ3v) is 15.1. The molecule has 16 nitrogen and oxygen atoms in total. The fourth-order valence-corrected chi connectivity index (χ4v) is 10.6. The molecule has 0 unspecified atom stereocenters. The highest BCUT2D eigenvalue weighted by molar-refractivity contribution is 5.66. The molecule has 0 saturated carbocycles. The number of benzene rings is 4. The van der Waals surface area contributed by atoms with Crippen LogP contribution < -0.4 is 0 Å². The summed E-state index contributed by atoms with van der Waals surface area (Å²) in [5, 5.41) is 39.9. The van der Waals surface area contributed by atoms with E-state index in [0.717, 1.165) is 197 Å². The van der Waals surface area contributed by atoms with Gasteiger partial charge in [-0.2, -0.15) is 0 Å². The van der Waals surface area contributed by atoms with Gasteiger partial charge in [0.2, 0.25) is 0 Å². The average molecular weight is 1090 g/mol. The molecule has 0 spiro atoms. The fraction of sp³-hybridized carbons (Fsp3) is 0.556. The molecule has 4 N–H and O–H groups in total. The number of nitrogens with zero attached hydrogens (tertiary/aromatic N) is 8. The third-order valence-electron chi connectivity index (χ3n) is 15.1. The van der Waals surface area contributed by atoms with Crippen molar-refractivity contribution in [3.8, 4) is 0 Å². The molecule has 0 atom stereocenters. The van der Waals surface area contributed by atoms with Gasteiger partial charge in [-0.3, -0.25) is 0 Å². The predicted octanol–water partition coefficient (Wildman–Crippen LogP) is 11.8. The highest BCUT2D eigenvalue weighted by atomic mass is 16.4. The lowest BCUT2D eigenvalue weighted by Crippen LogP contribution is -2.39. The van der Waals surface area contributed by atoms with Crippen molar-refractivity contribution >= 4 is 24.4 Å². The zero-order chi connectivity index (χ0) is 56.1. The molecule has 1 aliphatic heterocycles. The second kappa shape index (κ2) is 38.4. The van der Waals surface area contributed by atoms with Gasteiger partial charge in [0.15, 0.2) is 0 Å². The Morgan fingerprint density at radius 1 is 0.291 bits per heavy atom. The summed E-state index contributed by atoms with van der Waals surface area (Å²) < 4.78 is 0. The molecule has 1 heterocycles. The molecular formula is C63H94N8O8. The van der Waals surface area contributed by atoms with Gasteiger partial charge in [-0.15, -0.1) is 0 Å². The molecule has 16 heteroatoms. The van der Waals surface area contributed by atoms with Crippen molar-refractivity contribution in [2.24, 2.45) is 0 Å². The summed E-state index contributed by atoms with van der Waals surface area (Å²) in [6.07, 6.45) is 10.5. The summed E-state index contributed by atoms with van der Waals surface area (Å²) in [6, 6.07) is 39.1. The van der Waals surface area contributed by atoms with Crippen LogP contribution in [0.15, 0.2) is 121 Å². The van der Waals surface area contributed by atoms with Crippen LogP contribution in [-0.4, -0.2) is 189 Å². The molecule has 4 aromatic rings. The lowest BCUT2D eigenvalue weighted by molar-refractivity contribution is 0.139. The highest BCUT2D eigenvalue weighted by Crippen LogP contribution is 2.15. The molecule has 1 saturated heterocycles. The van der Waals surface area contributed by atoms with E-state index in [0.29, 0.717) is 52.4 Å². The van der Waals surface area contributed by atoms with Crippen molar-refractivity contribution in [1.82, 2.24) is 39.2 Å². The second-order valence-electron chi connectivity index (χ2n) is 21.4. The summed E-state index contributed by atoms with van der Waals surface area (Å²) >= 11 is 0. The second-order valence-corrected chi connectivity index (χ2v) is 21.4. The molecule has 0 aromatic heterocycles. The van der Waals surface area contributed by atoms with Crippen molar-refractivity contribution in [3.63, 3.8) is 0 Å². The number of unbranched alkanes of at least 4 members (excludes halogenated alkanes) is 8. The number of hydrogen-bond donors (Lipinski definition) is 4. The highest BCUT2D eigenvalue weighted by Gasteiger charge is 2.19. The van der Waals surface area contributed by atoms with Gasteiger partial charge in [-0.25, -0.2) is 19.2 Å². The Balaban J connectivity index is 1.21. The Kier molecular flexibility index (Phi) is 30.9. The Bertz CT molecular complexity index is 2090. The van der Waals surface area contributed by atoms with Crippen LogP contribution in [0.3, 0.4) is 0 Å². The van der Waals surface area contributed by atoms with Crippen LogP contribution >= 0.6 is 0 Å². The van der Waals surface area contributed by atoms with E-state index in [2.05, 4.69) is 19.6 Å². The lowest BCUT2D eigenvalue weighted by atomic mass is 10.1. The number of carboxylic acid groups (broad SMARTS) is 4. The van der Waals surface area contributed by atoms with Gasteiger partial charge in [0.05, 0.1) is 0 Å². The first kappa shape index (κ1) is 63.6. The van der Waals surface area contributed by atoms with Gasteiger partial charge in [-0.05, 0) is 158 Å². The quantitative estimate of drug-likeness (QED) is 0.0341. The minimum Gasteiger partial charge on any atom is -0.465 e. The molecular weight excluding hydrogens is 997 g/mol. The van der Waals surface area contributed by atoms with Crippen LogP contribution in [0, 0.1) is 0 Å². The van der Waals surface area contributed by atoms with Crippen molar-refractivity contribution in [2.75, 3.05) is 105 Å².